The lowest BCUT2D eigenvalue weighted by atomic mass is 9.83. The molecule has 0 aromatic heterocycles. The predicted octanol–water partition coefficient (Wildman–Crippen LogP) is 4.80. The second-order valence-corrected chi connectivity index (χ2v) is 11.4. The van der Waals surface area contributed by atoms with Gasteiger partial charge in [-0.2, -0.15) is 0 Å². The Morgan fingerprint density at radius 1 is 1.19 bits per heavy atom. The van der Waals surface area contributed by atoms with Crippen LogP contribution in [0.1, 0.15) is 70.1 Å². The molecule has 0 bridgehead atoms. The zero-order valence-corrected chi connectivity index (χ0v) is 24.2. The molecule has 1 amide bonds. The van der Waals surface area contributed by atoms with Crippen LogP contribution in [-0.2, 0) is 19.1 Å². The molecular formula is C30H38N6O6. The van der Waals surface area contributed by atoms with E-state index in [-0.39, 0.29) is 31.0 Å². The van der Waals surface area contributed by atoms with Crippen molar-refractivity contribution in [3.63, 3.8) is 0 Å². The minimum Gasteiger partial charge on any atom is -0.494 e. The van der Waals surface area contributed by atoms with E-state index >= 15 is 0 Å². The topological polar surface area (TPSA) is 167 Å². The molecule has 2 aromatic carbocycles. The van der Waals surface area contributed by atoms with Crippen molar-refractivity contribution in [1.82, 2.24) is 10.9 Å². The van der Waals surface area contributed by atoms with E-state index in [1.807, 2.05) is 0 Å². The maximum Gasteiger partial charge on any atom is 0.306 e. The molecule has 42 heavy (non-hydrogen) atoms. The number of aliphatic hydroxyl groups is 1. The molecule has 2 aliphatic rings. The summed E-state index contributed by atoms with van der Waals surface area (Å²) < 4.78 is 17.6. The third-order valence-electron chi connectivity index (χ3n) is 6.82. The van der Waals surface area contributed by atoms with Crippen LogP contribution in [0.4, 0.5) is 5.69 Å². The molecule has 0 radical (unpaired) electrons. The van der Waals surface area contributed by atoms with Crippen LogP contribution in [0, 0.1) is 5.92 Å². The fourth-order valence-electron chi connectivity index (χ4n) is 4.59. The molecule has 1 aliphatic heterocycles. The normalized spacial score (nSPS) is 19.7. The van der Waals surface area contributed by atoms with Crippen molar-refractivity contribution < 1.29 is 28.9 Å². The maximum atomic E-state index is 14.0. The number of benzene rings is 2. The number of azide groups is 1. The van der Waals surface area contributed by atoms with Gasteiger partial charge in [0.25, 0.3) is 5.91 Å². The Kier molecular flexibility index (Phi) is 10.1. The summed E-state index contributed by atoms with van der Waals surface area (Å²) in [5.41, 5.74) is 14.1. The molecule has 0 spiro atoms. The number of hydrogen-bond acceptors (Lipinski definition) is 9. The van der Waals surface area contributed by atoms with Gasteiger partial charge in [0, 0.05) is 47.7 Å². The highest BCUT2D eigenvalue weighted by Gasteiger charge is 2.54. The highest BCUT2D eigenvalue weighted by atomic mass is 16.6. The minimum atomic E-state index is -1.60. The smallest absolute Gasteiger partial charge is 0.306 e. The number of aliphatic hydroxyl groups excluding tert-OH is 1. The predicted molar refractivity (Wildman–Crippen MR) is 156 cm³/mol. The van der Waals surface area contributed by atoms with Crippen LogP contribution in [0.5, 0.6) is 5.75 Å². The Bertz CT molecular complexity index is 1330. The van der Waals surface area contributed by atoms with Crippen molar-refractivity contribution in [2.24, 2.45) is 16.0 Å². The Hall–Kier alpha value is -4.12. The van der Waals surface area contributed by atoms with Gasteiger partial charge in [-0.15, -0.1) is 0 Å². The van der Waals surface area contributed by atoms with Crippen molar-refractivity contribution in [2.45, 2.75) is 70.1 Å². The molecule has 1 heterocycles. The summed E-state index contributed by atoms with van der Waals surface area (Å²) in [6.45, 7) is 6.35. The fraction of sp³-hybridized carbons (Fsp3) is 0.500. The number of ether oxygens (including phenoxy) is 3. The van der Waals surface area contributed by atoms with Crippen molar-refractivity contribution in [3.05, 3.63) is 70.1 Å². The molecule has 1 saturated carbocycles. The Balaban J connectivity index is 1.73. The monoisotopic (exact) mass is 578 g/mol. The van der Waals surface area contributed by atoms with E-state index in [2.05, 4.69) is 20.9 Å². The van der Waals surface area contributed by atoms with E-state index in [1.165, 1.54) is 0 Å². The highest BCUT2D eigenvalue weighted by Crippen LogP contribution is 2.46. The number of aliphatic imine (C=N–C) groups is 1. The third-order valence-corrected chi connectivity index (χ3v) is 6.82. The highest BCUT2D eigenvalue weighted by molar-refractivity contribution is 6.01. The second-order valence-electron chi connectivity index (χ2n) is 11.4. The zero-order chi connectivity index (χ0) is 30.2. The van der Waals surface area contributed by atoms with E-state index < -0.39 is 29.1 Å². The first-order valence-electron chi connectivity index (χ1n) is 14.1. The number of carbonyl (C=O) groups is 2. The van der Waals surface area contributed by atoms with Crippen LogP contribution in [0.3, 0.4) is 0 Å². The second kappa shape index (κ2) is 13.7. The number of nitrogens with one attached hydrogen (secondary N) is 2. The van der Waals surface area contributed by atoms with Crippen molar-refractivity contribution in [2.75, 3.05) is 19.8 Å². The number of rotatable bonds is 14. The van der Waals surface area contributed by atoms with Crippen LogP contribution in [0.2, 0.25) is 0 Å². The molecule has 2 atom stereocenters. The van der Waals surface area contributed by atoms with Gasteiger partial charge in [0.15, 0.2) is 11.6 Å². The van der Waals surface area contributed by atoms with Crippen LogP contribution < -0.4 is 15.6 Å². The van der Waals surface area contributed by atoms with E-state index in [9.17, 15) is 15.1 Å². The molecule has 0 unspecified atom stereocenters. The molecule has 4 rings (SSSR count). The maximum absolute atomic E-state index is 14.0. The number of esters is 1. The molecule has 1 fully saturated rings. The largest absolute Gasteiger partial charge is 0.494 e. The van der Waals surface area contributed by atoms with Gasteiger partial charge in [-0.05, 0) is 75.7 Å². The van der Waals surface area contributed by atoms with Gasteiger partial charge in [0.05, 0.1) is 6.61 Å². The lowest BCUT2D eigenvalue weighted by Crippen LogP contribution is -2.53. The summed E-state index contributed by atoms with van der Waals surface area (Å²) in [5, 5.41) is 12.8. The average Bonchev–Trinajstić information content (AvgIpc) is 3.70. The van der Waals surface area contributed by atoms with Crippen molar-refractivity contribution in [3.8, 4) is 5.75 Å². The summed E-state index contributed by atoms with van der Waals surface area (Å²) in [6.07, 6.45) is 1.55. The Morgan fingerprint density at radius 3 is 2.60 bits per heavy atom. The first-order valence-corrected chi connectivity index (χ1v) is 14.1. The van der Waals surface area contributed by atoms with Gasteiger partial charge in [-0.1, -0.05) is 29.4 Å². The zero-order valence-electron chi connectivity index (χ0n) is 24.2. The first-order chi connectivity index (χ1) is 20.1. The minimum absolute atomic E-state index is 0.0278. The molecule has 2 aromatic rings. The van der Waals surface area contributed by atoms with Gasteiger partial charge in [-0.25, -0.2) is 10.4 Å². The molecular weight excluding hydrogens is 540 g/mol. The first kappa shape index (κ1) is 30.8. The number of hydrazine groups is 1. The summed E-state index contributed by atoms with van der Waals surface area (Å²) in [6, 6.07) is 13.9. The summed E-state index contributed by atoms with van der Waals surface area (Å²) in [4.78, 5) is 34.7. The van der Waals surface area contributed by atoms with E-state index in [4.69, 9.17) is 24.3 Å². The van der Waals surface area contributed by atoms with Crippen LogP contribution in [0.25, 0.3) is 10.4 Å². The van der Waals surface area contributed by atoms with Gasteiger partial charge < -0.3 is 19.3 Å². The SMILES string of the molecule is CC(C)(C)OC(=O)CC[C@]1(C(=O)NNCC2CC2)N=C(c2ccc(OCCCO)cc2)O[C@H]1c1ccccc1N=[N+]=[N-]. The number of carbonyl (C=O) groups excluding carboxylic acids is 2. The van der Waals surface area contributed by atoms with Crippen LogP contribution in [-0.4, -0.2) is 53.8 Å². The molecule has 12 nitrogen and oxygen atoms in total. The molecule has 1 aliphatic carbocycles. The summed E-state index contributed by atoms with van der Waals surface area (Å²) in [5.74, 6) is 0.345. The number of nitrogens with zero attached hydrogens (tertiary/aromatic N) is 4. The van der Waals surface area contributed by atoms with Gasteiger partial charge >= 0.3 is 5.97 Å². The molecule has 0 saturated heterocycles. The standard InChI is InChI=1S/C30H38N6O6/c1-29(2,3)42-25(38)15-16-30(28(39)35-32-19-20-9-10-20)26(23-7-4-5-8-24(23)34-36-31)41-27(33-30)21-11-13-22(14-12-21)40-18-6-17-37/h4-5,7-8,11-14,20,26,32,37H,6,9-10,15-19H2,1-3H3,(H,35,39)/t26-,30-/m0/s1. The quantitative estimate of drug-likeness (QED) is 0.0723. The van der Waals surface area contributed by atoms with Crippen molar-refractivity contribution in [1.29, 1.82) is 0 Å². The summed E-state index contributed by atoms with van der Waals surface area (Å²) in [7, 11) is 0. The molecule has 12 heteroatoms. The fourth-order valence-corrected chi connectivity index (χ4v) is 4.59. The van der Waals surface area contributed by atoms with Gasteiger partial charge in [-0.3, -0.25) is 15.0 Å². The van der Waals surface area contributed by atoms with Crippen molar-refractivity contribution >= 4 is 23.5 Å². The van der Waals surface area contributed by atoms with Crippen LogP contribution in [0.15, 0.2) is 58.6 Å². The molecule has 3 N–H and O–H groups in total. The third kappa shape index (κ3) is 8.00. The lowest BCUT2D eigenvalue weighted by Gasteiger charge is -2.31. The van der Waals surface area contributed by atoms with E-state index in [1.54, 1.807) is 69.3 Å². The Labute approximate surface area is 245 Å². The number of hydrogen-bond donors (Lipinski definition) is 3. The summed E-state index contributed by atoms with van der Waals surface area (Å²) >= 11 is 0. The molecule has 224 valence electrons. The van der Waals surface area contributed by atoms with E-state index in [0.29, 0.717) is 42.4 Å². The Morgan fingerprint density at radius 2 is 1.93 bits per heavy atom. The van der Waals surface area contributed by atoms with Gasteiger partial charge in [0.2, 0.25) is 5.90 Å². The lowest BCUT2D eigenvalue weighted by molar-refractivity contribution is -0.155. The van der Waals surface area contributed by atoms with Crippen LogP contribution >= 0.6 is 0 Å². The van der Waals surface area contributed by atoms with Gasteiger partial charge in [0.1, 0.15) is 11.4 Å². The average molecular weight is 579 g/mol. The van der Waals surface area contributed by atoms with E-state index in [0.717, 1.165) is 12.8 Å². The number of amides is 1.